The van der Waals surface area contributed by atoms with E-state index >= 15 is 0 Å². The van der Waals surface area contributed by atoms with Gasteiger partial charge in [-0.2, -0.15) is 5.26 Å². The summed E-state index contributed by atoms with van der Waals surface area (Å²) in [4.78, 5) is 12.4. The van der Waals surface area contributed by atoms with Crippen LogP contribution in [0, 0.1) is 11.3 Å². The molecule has 0 aliphatic carbocycles. The second kappa shape index (κ2) is 10.4. The topological polar surface area (TPSA) is 122 Å². The lowest BCUT2D eigenvalue weighted by molar-refractivity contribution is -0.112. The van der Waals surface area contributed by atoms with Gasteiger partial charge in [0, 0.05) is 10.6 Å². The van der Waals surface area contributed by atoms with Crippen LogP contribution >= 0.6 is 22.9 Å². The van der Waals surface area contributed by atoms with E-state index < -0.39 is 15.7 Å². The van der Waals surface area contributed by atoms with E-state index in [0.717, 1.165) is 16.9 Å². The molecule has 2 aromatic carbocycles. The maximum Gasteiger partial charge on any atom is 0.268 e. The number of nitrogens with zero attached hydrogens (tertiary/aromatic N) is 3. The summed E-state index contributed by atoms with van der Waals surface area (Å²) in [6, 6.07) is 16.0. The zero-order valence-corrected chi connectivity index (χ0v) is 19.2. The molecule has 8 nitrogen and oxygen atoms in total. The average Bonchev–Trinajstić information content (AvgIpc) is 3.27. The van der Waals surface area contributed by atoms with Gasteiger partial charge < -0.3 is 4.74 Å². The van der Waals surface area contributed by atoms with Crippen molar-refractivity contribution in [2.24, 2.45) is 0 Å². The van der Waals surface area contributed by atoms with E-state index in [0.29, 0.717) is 22.9 Å². The van der Waals surface area contributed by atoms with Crippen molar-refractivity contribution in [1.29, 1.82) is 5.26 Å². The fourth-order valence-electron chi connectivity index (χ4n) is 2.43. The second-order valence-corrected chi connectivity index (χ2v) is 10.2. The molecular weight excluding hydrogens is 472 g/mol. The van der Waals surface area contributed by atoms with E-state index in [-0.39, 0.29) is 20.8 Å². The molecule has 32 heavy (non-hydrogen) atoms. The number of anilines is 1. The van der Waals surface area contributed by atoms with Crippen LogP contribution in [0.2, 0.25) is 5.02 Å². The first-order valence-electron chi connectivity index (χ1n) is 9.28. The maximum absolute atomic E-state index is 12.4. The molecule has 0 saturated carbocycles. The molecule has 0 aliphatic heterocycles. The first-order chi connectivity index (χ1) is 15.3. The summed E-state index contributed by atoms with van der Waals surface area (Å²) in [5.41, 5.74) is 1.28. The van der Waals surface area contributed by atoms with Gasteiger partial charge in [-0.25, -0.2) is 8.42 Å². The van der Waals surface area contributed by atoms with E-state index in [2.05, 4.69) is 15.5 Å². The van der Waals surface area contributed by atoms with Gasteiger partial charge in [0.15, 0.2) is 0 Å². The molecule has 164 valence electrons. The predicted molar refractivity (Wildman–Crippen MR) is 122 cm³/mol. The van der Waals surface area contributed by atoms with Crippen LogP contribution in [0.1, 0.15) is 18.1 Å². The Balaban J connectivity index is 1.66. The third-order valence-electron chi connectivity index (χ3n) is 4.18. The molecule has 0 saturated heterocycles. The standard InChI is InChI=1S/C21H17ClN4O4S2/c1-2-32(28,29)21-26-25-20(31-21)24-19(27)16(12-23)11-14-7-9-17(10-8-14)30-13-15-5-3-4-6-18(15)22/h3-11H,2,13H2,1H3,(H,24,25,27)/b16-11-. The normalized spacial score (nSPS) is 11.6. The number of aromatic nitrogens is 2. The highest BCUT2D eigenvalue weighted by molar-refractivity contribution is 7.93. The van der Waals surface area contributed by atoms with Crippen molar-refractivity contribution >= 4 is 49.9 Å². The largest absolute Gasteiger partial charge is 0.489 e. The highest BCUT2D eigenvalue weighted by Gasteiger charge is 2.19. The molecule has 0 bridgehead atoms. The van der Waals surface area contributed by atoms with Crippen LogP contribution in [-0.2, 0) is 21.2 Å². The van der Waals surface area contributed by atoms with Crippen LogP contribution in [-0.4, -0.2) is 30.3 Å². The van der Waals surface area contributed by atoms with Gasteiger partial charge in [-0.3, -0.25) is 10.1 Å². The number of halogens is 1. The van der Waals surface area contributed by atoms with Crippen LogP contribution in [0.4, 0.5) is 5.13 Å². The maximum atomic E-state index is 12.4. The van der Waals surface area contributed by atoms with E-state index in [1.165, 1.54) is 13.0 Å². The van der Waals surface area contributed by atoms with Crippen molar-refractivity contribution in [3.8, 4) is 11.8 Å². The minimum Gasteiger partial charge on any atom is -0.489 e. The molecule has 3 aromatic rings. The van der Waals surface area contributed by atoms with Gasteiger partial charge in [0.2, 0.25) is 19.3 Å². The van der Waals surface area contributed by atoms with Gasteiger partial charge in [0.05, 0.1) is 5.75 Å². The van der Waals surface area contributed by atoms with Gasteiger partial charge in [0.25, 0.3) is 5.91 Å². The molecule has 0 aliphatic rings. The van der Waals surface area contributed by atoms with Crippen molar-refractivity contribution in [2.75, 3.05) is 11.1 Å². The number of benzene rings is 2. The molecule has 11 heteroatoms. The molecule has 0 unspecified atom stereocenters. The van der Waals surface area contributed by atoms with Crippen molar-refractivity contribution in [2.45, 2.75) is 17.9 Å². The summed E-state index contributed by atoms with van der Waals surface area (Å²) in [7, 11) is -3.52. The SMILES string of the molecule is CCS(=O)(=O)c1nnc(NC(=O)/C(C#N)=C\c2ccc(OCc3ccccc3Cl)cc2)s1. The molecule has 1 amide bonds. The third kappa shape index (κ3) is 5.91. The predicted octanol–water partition coefficient (Wildman–Crippen LogP) is 4.11. The number of nitriles is 1. The van der Waals surface area contributed by atoms with Gasteiger partial charge in [-0.05, 0) is 29.8 Å². The molecule has 1 N–H and O–H groups in total. The smallest absolute Gasteiger partial charge is 0.268 e. The minimum atomic E-state index is -3.52. The number of sulfone groups is 1. The number of hydrogen-bond donors (Lipinski definition) is 1. The fourth-order valence-corrected chi connectivity index (χ4v) is 4.60. The quantitative estimate of drug-likeness (QED) is 0.287. The van der Waals surface area contributed by atoms with Crippen molar-refractivity contribution in [1.82, 2.24) is 10.2 Å². The summed E-state index contributed by atoms with van der Waals surface area (Å²) >= 11 is 6.84. The Morgan fingerprint density at radius 3 is 2.59 bits per heavy atom. The Morgan fingerprint density at radius 1 is 1.22 bits per heavy atom. The van der Waals surface area contributed by atoms with E-state index in [9.17, 15) is 18.5 Å². The zero-order valence-electron chi connectivity index (χ0n) is 16.8. The van der Waals surface area contributed by atoms with Crippen molar-refractivity contribution < 1.29 is 17.9 Å². The number of carbonyl (C=O) groups excluding carboxylic acids is 1. The lowest BCUT2D eigenvalue weighted by Gasteiger charge is -2.08. The highest BCUT2D eigenvalue weighted by atomic mass is 35.5. The Hall–Kier alpha value is -3.26. The van der Waals surface area contributed by atoms with Crippen molar-refractivity contribution in [3.05, 3.63) is 70.3 Å². The Labute approximate surface area is 194 Å². The number of ether oxygens (including phenoxy) is 1. The summed E-state index contributed by atoms with van der Waals surface area (Å²) in [5.74, 6) is -0.247. The first-order valence-corrected chi connectivity index (χ1v) is 12.1. The third-order valence-corrected chi connectivity index (χ3v) is 7.57. The van der Waals surface area contributed by atoms with Crippen LogP contribution < -0.4 is 10.1 Å². The van der Waals surface area contributed by atoms with Crippen LogP contribution in [0.3, 0.4) is 0 Å². The molecule has 0 fully saturated rings. The number of rotatable bonds is 8. The van der Waals surface area contributed by atoms with Crippen LogP contribution in [0.25, 0.3) is 6.08 Å². The molecule has 0 radical (unpaired) electrons. The van der Waals surface area contributed by atoms with Crippen LogP contribution in [0.15, 0.2) is 58.4 Å². The highest BCUT2D eigenvalue weighted by Crippen LogP contribution is 2.22. The van der Waals surface area contributed by atoms with E-state index in [4.69, 9.17) is 16.3 Å². The summed E-state index contributed by atoms with van der Waals surface area (Å²) in [6.07, 6.45) is 1.40. The van der Waals surface area contributed by atoms with E-state index in [1.54, 1.807) is 30.3 Å². The molecular formula is C21H17ClN4O4S2. The fraction of sp³-hybridized carbons (Fsp3) is 0.143. The number of amides is 1. The number of nitrogens with one attached hydrogen (secondary N) is 1. The lowest BCUT2D eigenvalue weighted by atomic mass is 10.1. The van der Waals surface area contributed by atoms with Gasteiger partial charge in [-0.15, -0.1) is 10.2 Å². The monoisotopic (exact) mass is 488 g/mol. The molecule has 0 atom stereocenters. The van der Waals surface area contributed by atoms with Gasteiger partial charge >= 0.3 is 0 Å². The Bertz CT molecular complexity index is 1300. The first kappa shape index (κ1) is 23.4. The van der Waals surface area contributed by atoms with E-state index in [1.807, 2.05) is 24.3 Å². The Morgan fingerprint density at radius 2 is 1.94 bits per heavy atom. The summed E-state index contributed by atoms with van der Waals surface area (Å²) < 4.78 is 29.2. The summed E-state index contributed by atoms with van der Waals surface area (Å²) in [6.45, 7) is 1.79. The Kier molecular flexibility index (Phi) is 7.58. The zero-order chi connectivity index (χ0) is 23.1. The number of carbonyl (C=O) groups is 1. The molecule has 3 rings (SSSR count). The molecule has 0 spiro atoms. The lowest BCUT2D eigenvalue weighted by Crippen LogP contribution is -2.13. The van der Waals surface area contributed by atoms with Gasteiger partial charge in [0.1, 0.15) is 24.0 Å². The summed E-state index contributed by atoms with van der Waals surface area (Å²) in [5, 5.41) is 19.6. The minimum absolute atomic E-state index is 0.00787. The number of hydrogen-bond acceptors (Lipinski definition) is 8. The average molecular weight is 489 g/mol. The van der Waals surface area contributed by atoms with Crippen molar-refractivity contribution in [3.63, 3.8) is 0 Å². The van der Waals surface area contributed by atoms with Gasteiger partial charge in [-0.1, -0.05) is 60.2 Å². The molecule has 1 heterocycles. The second-order valence-electron chi connectivity index (χ2n) is 6.35. The van der Waals surface area contributed by atoms with Crippen LogP contribution in [0.5, 0.6) is 5.75 Å². The molecule has 1 aromatic heterocycles.